The van der Waals surface area contributed by atoms with Gasteiger partial charge in [-0.3, -0.25) is 4.90 Å². The second kappa shape index (κ2) is 4.07. The zero-order chi connectivity index (χ0) is 8.27. The molecule has 1 fully saturated rings. The normalized spacial score (nSPS) is 27.8. The molecule has 1 rings (SSSR count). The summed E-state index contributed by atoms with van der Waals surface area (Å²) in [7, 11) is 0. The van der Waals surface area contributed by atoms with Crippen LogP contribution in [0.4, 0.5) is 0 Å². The molecule has 0 saturated carbocycles. The van der Waals surface area contributed by atoms with Gasteiger partial charge in [0, 0.05) is 32.2 Å². The van der Waals surface area contributed by atoms with E-state index < -0.39 is 0 Å². The average molecular weight is 155 g/mol. The summed E-state index contributed by atoms with van der Waals surface area (Å²) in [4.78, 5) is 2.53. The topological polar surface area (TPSA) is 15.3 Å². The Kier molecular flexibility index (Phi) is 3.34. The summed E-state index contributed by atoms with van der Waals surface area (Å²) >= 11 is 0. The molecule has 11 heavy (non-hydrogen) atoms. The molecule has 1 aliphatic heterocycles. The first kappa shape index (κ1) is 9.01. The van der Waals surface area contributed by atoms with Crippen molar-refractivity contribution in [1.29, 1.82) is 0 Å². The molecule has 0 bridgehead atoms. The minimum atomic E-state index is 0.707. The van der Waals surface area contributed by atoms with Crippen molar-refractivity contribution in [3.05, 3.63) is 5.92 Å². The zero-order valence-corrected chi connectivity index (χ0v) is 7.85. The fraction of sp³-hybridized carbons (Fsp3) is 0.889. The molecule has 1 N–H and O–H groups in total. The highest BCUT2D eigenvalue weighted by molar-refractivity contribution is 4.86. The Bertz CT molecular complexity index is 112. The lowest BCUT2D eigenvalue weighted by Crippen LogP contribution is -2.50. The predicted molar refractivity (Wildman–Crippen MR) is 48.5 cm³/mol. The van der Waals surface area contributed by atoms with Crippen LogP contribution in [0.25, 0.3) is 0 Å². The summed E-state index contributed by atoms with van der Waals surface area (Å²) in [5, 5.41) is 3.39. The van der Waals surface area contributed by atoms with E-state index in [0.717, 1.165) is 13.1 Å². The summed E-state index contributed by atoms with van der Waals surface area (Å²) in [6.07, 6.45) is 0. The maximum absolute atomic E-state index is 3.39. The Morgan fingerprint density at radius 3 is 2.82 bits per heavy atom. The van der Waals surface area contributed by atoms with Crippen LogP contribution in [0.3, 0.4) is 0 Å². The smallest absolute Gasteiger partial charge is 0.0193 e. The average Bonchev–Trinajstić information content (AvgIpc) is 1.93. The van der Waals surface area contributed by atoms with Crippen molar-refractivity contribution in [1.82, 2.24) is 10.2 Å². The first-order valence-electron chi connectivity index (χ1n) is 4.44. The summed E-state index contributed by atoms with van der Waals surface area (Å²) in [5.41, 5.74) is 0. The fourth-order valence-electron chi connectivity index (χ4n) is 1.52. The Labute approximate surface area is 70.0 Å². The van der Waals surface area contributed by atoms with Crippen LogP contribution >= 0.6 is 0 Å². The molecule has 2 nitrogen and oxygen atoms in total. The molecule has 0 aromatic carbocycles. The molecule has 0 unspecified atom stereocenters. The predicted octanol–water partition coefficient (Wildman–Crippen LogP) is 0.894. The summed E-state index contributed by atoms with van der Waals surface area (Å²) in [5.74, 6) is 1.51. The van der Waals surface area contributed by atoms with Crippen molar-refractivity contribution in [2.24, 2.45) is 0 Å². The third-order valence-corrected chi connectivity index (χ3v) is 2.16. The highest BCUT2D eigenvalue weighted by atomic mass is 15.2. The molecule has 1 saturated heterocycles. The Morgan fingerprint density at radius 2 is 2.27 bits per heavy atom. The van der Waals surface area contributed by atoms with E-state index in [1.54, 1.807) is 0 Å². The van der Waals surface area contributed by atoms with Crippen LogP contribution in [0.15, 0.2) is 0 Å². The number of hydrogen-bond acceptors (Lipinski definition) is 2. The molecule has 0 aromatic heterocycles. The molecular formula is C9H19N2. The van der Waals surface area contributed by atoms with Crippen molar-refractivity contribution in [2.75, 3.05) is 26.2 Å². The van der Waals surface area contributed by atoms with E-state index in [-0.39, 0.29) is 0 Å². The van der Waals surface area contributed by atoms with Gasteiger partial charge in [0.2, 0.25) is 0 Å². The molecule has 1 heterocycles. The van der Waals surface area contributed by atoms with E-state index in [1.165, 1.54) is 19.0 Å². The lowest BCUT2D eigenvalue weighted by atomic mass is 10.1. The number of piperazine rings is 1. The van der Waals surface area contributed by atoms with Gasteiger partial charge >= 0.3 is 0 Å². The van der Waals surface area contributed by atoms with E-state index in [2.05, 4.69) is 31.0 Å². The number of rotatable bonds is 2. The van der Waals surface area contributed by atoms with Crippen LogP contribution in [0.1, 0.15) is 20.8 Å². The Balaban J connectivity index is 2.29. The van der Waals surface area contributed by atoms with Gasteiger partial charge in [-0.2, -0.15) is 0 Å². The molecule has 1 aliphatic rings. The van der Waals surface area contributed by atoms with E-state index in [9.17, 15) is 0 Å². The molecule has 65 valence electrons. The van der Waals surface area contributed by atoms with Gasteiger partial charge in [-0.05, 0) is 12.8 Å². The molecule has 1 atom stereocenters. The van der Waals surface area contributed by atoms with Gasteiger partial charge in [-0.1, -0.05) is 13.8 Å². The summed E-state index contributed by atoms with van der Waals surface area (Å²) < 4.78 is 0. The molecule has 0 aromatic rings. The minimum Gasteiger partial charge on any atom is -0.314 e. The molecule has 2 heteroatoms. The van der Waals surface area contributed by atoms with Crippen molar-refractivity contribution in [3.63, 3.8) is 0 Å². The van der Waals surface area contributed by atoms with Crippen molar-refractivity contribution in [3.8, 4) is 0 Å². The van der Waals surface area contributed by atoms with Gasteiger partial charge in [0.05, 0.1) is 0 Å². The van der Waals surface area contributed by atoms with Gasteiger partial charge in [-0.15, -0.1) is 0 Å². The summed E-state index contributed by atoms with van der Waals surface area (Å²) in [6.45, 7) is 11.4. The molecule has 0 aliphatic carbocycles. The molecule has 0 amide bonds. The first-order valence-corrected chi connectivity index (χ1v) is 4.44. The van der Waals surface area contributed by atoms with Gasteiger partial charge in [0.1, 0.15) is 0 Å². The lowest BCUT2D eigenvalue weighted by molar-refractivity contribution is 0.181. The van der Waals surface area contributed by atoms with Crippen LogP contribution in [0.2, 0.25) is 0 Å². The second-order valence-electron chi connectivity index (χ2n) is 3.73. The first-order chi connectivity index (χ1) is 5.20. The number of hydrogen-bond donors (Lipinski definition) is 1. The monoisotopic (exact) mass is 155 g/mol. The van der Waals surface area contributed by atoms with Crippen LogP contribution < -0.4 is 5.32 Å². The molecule has 1 radical (unpaired) electrons. The zero-order valence-electron chi connectivity index (χ0n) is 7.85. The largest absolute Gasteiger partial charge is 0.314 e. The minimum absolute atomic E-state index is 0.707. The highest BCUT2D eigenvalue weighted by Gasteiger charge is 2.17. The Hall–Kier alpha value is -0.0800. The highest BCUT2D eigenvalue weighted by Crippen LogP contribution is 2.06. The number of nitrogens with one attached hydrogen (secondary N) is 1. The number of nitrogens with zero attached hydrogens (tertiary/aromatic N) is 1. The van der Waals surface area contributed by atoms with Crippen LogP contribution in [0, 0.1) is 5.92 Å². The third-order valence-electron chi connectivity index (χ3n) is 2.16. The maximum Gasteiger partial charge on any atom is 0.0193 e. The van der Waals surface area contributed by atoms with Crippen molar-refractivity contribution >= 4 is 0 Å². The van der Waals surface area contributed by atoms with E-state index >= 15 is 0 Å². The molecule has 0 spiro atoms. The van der Waals surface area contributed by atoms with E-state index in [0.29, 0.717) is 6.04 Å². The summed E-state index contributed by atoms with van der Waals surface area (Å²) in [6, 6.07) is 0.707. The maximum atomic E-state index is 3.39. The van der Waals surface area contributed by atoms with E-state index in [1.807, 2.05) is 0 Å². The van der Waals surface area contributed by atoms with Crippen molar-refractivity contribution < 1.29 is 0 Å². The Morgan fingerprint density at radius 1 is 1.55 bits per heavy atom. The lowest BCUT2D eigenvalue weighted by Gasteiger charge is -2.34. The second-order valence-corrected chi connectivity index (χ2v) is 3.73. The van der Waals surface area contributed by atoms with Crippen molar-refractivity contribution in [2.45, 2.75) is 26.8 Å². The van der Waals surface area contributed by atoms with Gasteiger partial charge < -0.3 is 5.32 Å². The quantitative estimate of drug-likeness (QED) is 0.637. The third kappa shape index (κ3) is 2.80. The SMILES string of the molecule is C[C](C)CN1CCNC[C@H]1C. The van der Waals surface area contributed by atoms with Crippen LogP contribution in [-0.4, -0.2) is 37.1 Å². The standard InChI is InChI=1S/C9H19N2/c1-8(2)7-11-5-4-10-6-9(11)3/h9-10H,4-7H2,1-3H3/t9-/m1/s1. The molecular weight excluding hydrogens is 136 g/mol. The van der Waals surface area contributed by atoms with Gasteiger partial charge in [0.15, 0.2) is 0 Å². The van der Waals surface area contributed by atoms with Crippen LogP contribution in [0.5, 0.6) is 0 Å². The van der Waals surface area contributed by atoms with Gasteiger partial charge in [0.25, 0.3) is 0 Å². The van der Waals surface area contributed by atoms with Crippen LogP contribution in [-0.2, 0) is 0 Å². The van der Waals surface area contributed by atoms with Gasteiger partial charge in [-0.25, -0.2) is 0 Å². The fourth-order valence-corrected chi connectivity index (χ4v) is 1.52. The van der Waals surface area contributed by atoms with E-state index in [4.69, 9.17) is 0 Å².